The molecule has 4 aromatic heterocycles. The third kappa shape index (κ3) is 10.7. The number of hydrogen-bond donors (Lipinski definition) is 0. The van der Waals surface area contributed by atoms with Gasteiger partial charge in [-0.15, -0.1) is 0 Å². The van der Waals surface area contributed by atoms with Crippen LogP contribution in [0.3, 0.4) is 0 Å². The van der Waals surface area contributed by atoms with Gasteiger partial charge in [0.15, 0.2) is 11.6 Å². The van der Waals surface area contributed by atoms with Crippen LogP contribution in [0.1, 0.15) is 0 Å². The molecule has 0 atom stereocenters. The van der Waals surface area contributed by atoms with E-state index in [1.165, 1.54) is 109 Å². The molecule has 0 spiro atoms. The summed E-state index contributed by atoms with van der Waals surface area (Å²) in [5.41, 5.74) is 21.7. The van der Waals surface area contributed by atoms with Gasteiger partial charge in [-0.3, -0.25) is 0 Å². The van der Waals surface area contributed by atoms with Gasteiger partial charge in [-0.25, -0.2) is 19.9 Å². The maximum atomic E-state index is 5.06. The monoisotopic (exact) mass is 1300 g/mol. The molecule has 0 aliphatic heterocycles. The minimum Gasteiger partial charge on any atom is -0.309 e. The van der Waals surface area contributed by atoms with Crippen LogP contribution >= 0.6 is 0 Å². The van der Waals surface area contributed by atoms with Crippen molar-refractivity contribution in [3.63, 3.8) is 0 Å². The maximum absolute atomic E-state index is 5.06. The van der Waals surface area contributed by atoms with Gasteiger partial charge in [-0.2, -0.15) is 0 Å². The molecule has 476 valence electrons. The first-order valence-electron chi connectivity index (χ1n) is 34.7. The predicted octanol–water partition coefficient (Wildman–Crippen LogP) is 25.1. The van der Waals surface area contributed by atoms with Gasteiger partial charge in [0, 0.05) is 66.3 Å². The SMILES string of the molecule is c1ccc(-c2cc(-c3ccc(-n4c5ccccc5c5c6cc(-c7cccc8ccccc78)ccc6ccc54)cc3)nc(-c3ccccc3)n2)cc1.c1ccc(-c2cc(-c3ccc(-n4c5ccccc5c5c6ccc(-c7cccc8ccccc78)cc6ccc54)cc3)nc(-c3ccccc3)n2)cc1. The largest absolute Gasteiger partial charge is 0.309 e. The van der Waals surface area contributed by atoms with E-state index in [0.29, 0.717) is 11.6 Å². The highest BCUT2D eigenvalue weighted by atomic mass is 15.0. The zero-order chi connectivity index (χ0) is 67.5. The van der Waals surface area contributed by atoms with Crippen molar-refractivity contribution in [1.29, 1.82) is 0 Å². The zero-order valence-corrected chi connectivity index (χ0v) is 55.5. The fourth-order valence-corrected chi connectivity index (χ4v) is 15.1. The van der Waals surface area contributed by atoms with Crippen molar-refractivity contribution in [2.24, 2.45) is 0 Å². The fraction of sp³-hybridized carbons (Fsp3) is 0. The third-order valence-electron chi connectivity index (χ3n) is 20.0. The van der Waals surface area contributed by atoms with Crippen LogP contribution in [0, 0.1) is 0 Å². The second kappa shape index (κ2) is 25.3. The molecule has 0 bridgehead atoms. The molecule has 0 aliphatic rings. The normalized spacial score (nSPS) is 11.5. The Kier molecular flexibility index (Phi) is 14.8. The van der Waals surface area contributed by atoms with Crippen LogP contribution < -0.4 is 0 Å². The van der Waals surface area contributed by atoms with Crippen LogP contribution in [0.5, 0.6) is 0 Å². The second-order valence-corrected chi connectivity index (χ2v) is 26.0. The zero-order valence-electron chi connectivity index (χ0n) is 55.5. The third-order valence-corrected chi connectivity index (χ3v) is 20.0. The molecule has 0 fully saturated rings. The van der Waals surface area contributed by atoms with Crippen LogP contribution in [0.25, 0.3) is 188 Å². The highest BCUT2D eigenvalue weighted by molar-refractivity contribution is 6.23. The number of benzene rings is 16. The standard InChI is InChI=1S/2C48H31N3/c1-3-13-33(14-4-1)43-31-44(50-48(49-43)35-15-5-2-6-16-35)34-22-26-38(27-23-34)51-45-21-10-9-19-42(45)47-41-28-24-36(30-37(41)25-29-46(47)51)40-20-11-17-32-12-7-8-18-39(32)40;1-3-13-34(14-4-1)43-31-44(50-48(49-43)36-15-5-2-6-16-36)35-24-27-38(28-25-35)51-45-21-10-9-19-41(45)47-42-30-37(23-22-33(42)26-29-46(47)51)40-20-11-17-32-12-7-8-18-39(32)40/h2*1-31H. The molecular formula is C96H62N6. The van der Waals surface area contributed by atoms with Crippen molar-refractivity contribution in [2.75, 3.05) is 0 Å². The van der Waals surface area contributed by atoms with Crippen molar-refractivity contribution in [3.05, 3.63) is 376 Å². The summed E-state index contributed by atoms with van der Waals surface area (Å²) in [6.45, 7) is 0. The molecule has 0 saturated carbocycles. The summed E-state index contributed by atoms with van der Waals surface area (Å²) < 4.78 is 4.78. The molecule has 6 heteroatoms. The predicted molar refractivity (Wildman–Crippen MR) is 426 cm³/mol. The van der Waals surface area contributed by atoms with Crippen molar-refractivity contribution in [2.45, 2.75) is 0 Å². The van der Waals surface area contributed by atoms with Gasteiger partial charge < -0.3 is 9.13 Å². The smallest absolute Gasteiger partial charge is 0.160 e. The van der Waals surface area contributed by atoms with E-state index >= 15 is 0 Å². The lowest BCUT2D eigenvalue weighted by Gasteiger charge is -2.12. The van der Waals surface area contributed by atoms with Crippen LogP contribution in [0.4, 0.5) is 0 Å². The molecule has 0 aliphatic carbocycles. The number of aromatic nitrogens is 6. The molecule has 6 nitrogen and oxygen atoms in total. The van der Waals surface area contributed by atoms with Crippen molar-refractivity contribution in [1.82, 2.24) is 29.1 Å². The van der Waals surface area contributed by atoms with E-state index in [0.717, 1.165) is 67.5 Å². The first-order valence-corrected chi connectivity index (χ1v) is 34.7. The summed E-state index contributed by atoms with van der Waals surface area (Å²) >= 11 is 0. The van der Waals surface area contributed by atoms with Gasteiger partial charge in [-0.1, -0.05) is 303 Å². The first kappa shape index (κ1) is 59.6. The number of rotatable bonds is 10. The quantitative estimate of drug-likeness (QED) is 0.137. The molecule has 20 rings (SSSR count). The van der Waals surface area contributed by atoms with Gasteiger partial charge in [0.2, 0.25) is 0 Å². The minimum absolute atomic E-state index is 0.716. The Morgan fingerprint density at radius 1 is 0.176 bits per heavy atom. The van der Waals surface area contributed by atoms with Crippen LogP contribution in [0.15, 0.2) is 376 Å². The van der Waals surface area contributed by atoms with E-state index in [4.69, 9.17) is 19.9 Å². The average molecular weight is 1300 g/mol. The molecular weight excluding hydrogens is 1240 g/mol. The van der Waals surface area contributed by atoms with Gasteiger partial charge in [0.1, 0.15) is 0 Å². The van der Waals surface area contributed by atoms with Crippen LogP contribution in [-0.4, -0.2) is 29.1 Å². The fourth-order valence-electron chi connectivity index (χ4n) is 15.1. The lowest BCUT2D eigenvalue weighted by Crippen LogP contribution is -1.97. The maximum Gasteiger partial charge on any atom is 0.160 e. The summed E-state index contributed by atoms with van der Waals surface area (Å²) in [6.07, 6.45) is 0. The van der Waals surface area contributed by atoms with E-state index < -0.39 is 0 Å². The molecule has 0 unspecified atom stereocenters. The van der Waals surface area contributed by atoms with E-state index in [-0.39, 0.29) is 0 Å². The Morgan fingerprint density at radius 2 is 0.510 bits per heavy atom. The molecule has 0 N–H and O–H groups in total. The number of hydrogen-bond acceptors (Lipinski definition) is 4. The lowest BCUT2D eigenvalue weighted by atomic mass is 9.95. The highest BCUT2D eigenvalue weighted by Crippen LogP contribution is 2.43. The van der Waals surface area contributed by atoms with E-state index in [1.807, 2.05) is 72.8 Å². The Labute approximate surface area is 589 Å². The molecule has 0 saturated heterocycles. The molecule has 102 heavy (non-hydrogen) atoms. The number of para-hydroxylation sites is 2. The Balaban J connectivity index is 0.000000141. The molecule has 0 amide bonds. The van der Waals surface area contributed by atoms with Crippen LogP contribution in [-0.2, 0) is 0 Å². The summed E-state index contributed by atoms with van der Waals surface area (Å²) in [7, 11) is 0. The molecule has 16 aromatic carbocycles. The summed E-state index contributed by atoms with van der Waals surface area (Å²) in [5.74, 6) is 1.43. The van der Waals surface area contributed by atoms with E-state index in [9.17, 15) is 0 Å². The van der Waals surface area contributed by atoms with Crippen molar-refractivity contribution >= 4 is 86.7 Å². The molecule has 4 heterocycles. The lowest BCUT2D eigenvalue weighted by molar-refractivity contribution is 1.17. The average Bonchev–Trinajstić information content (AvgIpc) is 1.57. The first-order chi connectivity index (χ1) is 50.6. The highest BCUT2D eigenvalue weighted by Gasteiger charge is 2.20. The summed E-state index contributed by atoms with van der Waals surface area (Å²) in [4.78, 5) is 20.1. The Hall–Kier alpha value is -13.7. The number of nitrogens with zero attached hydrogens (tertiary/aromatic N) is 6. The van der Waals surface area contributed by atoms with Gasteiger partial charge in [-0.05, 0) is 138 Å². The van der Waals surface area contributed by atoms with E-state index in [2.05, 4.69) is 312 Å². The van der Waals surface area contributed by atoms with E-state index in [1.54, 1.807) is 0 Å². The minimum atomic E-state index is 0.716. The van der Waals surface area contributed by atoms with Gasteiger partial charge in [0.25, 0.3) is 0 Å². The topological polar surface area (TPSA) is 61.4 Å². The Morgan fingerprint density at radius 3 is 0.980 bits per heavy atom. The molecule has 0 radical (unpaired) electrons. The van der Waals surface area contributed by atoms with Crippen LogP contribution in [0.2, 0.25) is 0 Å². The van der Waals surface area contributed by atoms with Gasteiger partial charge in [0.05, 0.1) is 44.8 Å². The number of fused-ring (bicyclic) bond motifs is 12. The van der Waals surface area contributed by atoms with Gasteiger partial charge >= 0.3 is 0 Å². The molecule has 20 aromatic rings. The summed E-state index contributed by atoms with van der Waals surface area (Å²) in [5, 5.41) is 15.1. The van der Waals surface area contributed by atoms with Crippen molar-refractivity contribution in [3.8, 4) is 101 Å². The second-order valence-electron chi connectivity index (χ2n) is 26.0. The van der Waals surface area contributed by atoms with Crippen molar-refractivity contribution < 1.29 is 0 Å². The Bertz CT molecular complexity index is 6460. The summed E-state index contributed by atoms with van der Waals surface area (Å²) in [6, 6.07) is 134.